The maximum atomic E-state index is 13.3. The molecule has 80 valence electrons. The molecule has 0 aliphatic heterocycles. The molecule has 0 N–H and O–H groups in total. The lowest BCUT2D eigenvalue weighted by molar-refractivity contribution is 0.103. The summed E-state index contributed by atoms with van der Waals surface area (Å²) in [7, 11) is 0. The predicted octanol–water partition coefficient (Wildman–Crippen LogP) is 3.06. The van der Waals surface area contributed by atoms with Crippen molar-refractivity contribution in [2.75, 3.05) is 0 Å². The molecule has 0 saturated heterocycles. The fraction of sp³-hybridized carbons (Fsp3) is 0. The van der Waals surface area contributed by atoms with Gasteiger partial charge in [-0.05, 0) is 46.9 Å². The highest BCUT2D eigenvalue weighted by Crippen LogP contribution is 2.19. The zero-order chi connectivity index (χ0) is 11.5. The zero-order valence-corrected chi connectivity index (χ0v) is 10.3. The van der Waals surface area contributed by atoms with Crippen LogP contribution in [-0.4, -0.2) is 10.8 Å². The van der Waals surface area contributed by atoms with E-state index in [1.54, 1.807) is 30.6 Å². The number of aromatic nitrogens is 1. The van der Waals surface area contributed by atoms with E-state index < -0.39 is 0 Å². The molecule has 1 heterocycles. The van der Waals surface area contributed by atoms with Gasteiger partial charge in [0.25, 0.3) is 0 Å². The van der Waals surface area contributed by atoms with Gasteiger partial charge in [-0.1, -0.05) is 6.07 Å². The van der Waals surface area contributed by atoms with Crippen LogP contribution in [0.15, 0.2) is 42.7 Å². The zero-order valence-electron chi connectivity index (χ0n) is 8.15. The lowest BCUT2D eigenvalue weighted by Crippen LogP contribution is -2.04. The molecule has 0 fully saturated rings. The lowest BCUT2D eigenvalue weighted by atomic mass is 10.0. The monoisotopic (exact) mass is 327 g/mol. The molecule has 2 nitrogen and oxygen atoms in total. The quantitative estimate of drug-likeness (QED) is 0.627. The van der Waals surface area contributed by atoms with Crippen molar-refractivity contribution in [3.63, 3.8) is 0 Å². The minimum atomic E-state index is -0.375. The third-order valence-corrected chi connectivity index (χ3v) is 3.24. The van der Waals surface area contributed by atoms with Crippen molar-refractivity contribution in [1.29, 1.82) is 0 Å². The number of rotatable bonds is 2. The van der Waals surface area contributed by atoms with Gasteiger partial charge in [0, 0.05) is 23.5 Å². The van der Waals surface area contributed by atoms with Crippen molar-refractivity contribution in [1.82, 2.24) is 4.98 Å². The van der Waals surface area contributed by atoms with E-state index >= 15 is 0 Å². The average Bonchev–Trinajstić information content (AvgIpc) is 2.33. The van der Waals surface area contributed by atoms with Crippen LogP contribution in [0.5, 0.6) is 0 Å². The van der Waals surface area contributed by atoms with Crippen LogP contribution in [0.1, 0.15) is 15.9 Å². The van der Waals surface area contributed by atoms with Gasteiger partial charge in [-0.2, -0.15) is 0 Å². The summed E-state index contributed by atoms with van der Waals surface area (Å²) in [6, 6.07) is 7.72. The molecular weight excluding hydrogens is 320 g/mol. The summed E-state index contributed by atoms with van der Waals surface area (Å²) in [6.45, 7) is 0. The molecule has 0 aliphatic rings. The molecule has 0 amide bonds. The highest BCUT2D eigenvalue weighted by atomic mass is 127. The van der Waals surface area contributed by atoms with E-state index in [-0.39, 0.29) is 11.6 Å². The van der Waals surface area contributed by atoms with E-state index in [9.17, 15) is 9.18 Å². The number of carbonyl (C=O) groups excluding carboxylic acids is 1. The second-order valence-corrected chi connectivity index (χ2v) is 4.25. The van der Waals surface area contributed by atoms with Gasteiger partial charge in [-0.3, -0.25) is 9.78 Å². The molecule has 1 aromatic carbocycles. The first-order valence-electron chi connectivity index (χ1n) is 4.59. The maximum absolute atomic E-state index is 13.3. The highest BCUT2D eigenvalue weighted by molar-refractivity contribution is 14.1. The SMILES string of the molecule is O=C(c1ccncc1)c1cccc(F)c1I. The number of hydrogen-bond acceptors (Lipinski definition) is 2. The molecule has 0 radical (unpaired) electrons. The Hall–Kier alpha value is -1.30. The first kappa shape index (κ1) is 11.2. The summed E-state index contributed by atoms with van der Waals surface area (Å²) >= 11 is 1.84. The lowest BCUT2D eigenvalue weighted by Gasteiger charge is -2.04. The van der Waals surface area contributed by atoms with Gasteiger partial charge >= 0.3 is 0 Å². The summed E-state index contributed by atoms with van der Waals surface area (Å²) < 4.78 is 13.6. The van der Waals surface area contributed by atoms with E-state index in [1.165, 1.54) is 12.1 Å². The van der Waals surface area contributed by atoms with Gasteiger partial charge < -0.3 is 0 Å². The number of pyridine rings is 1. The largest absolute Gasteiger partial charge is 0.289 e. The highest BCUT2D eigenvalue weighted by Gasteiger charge is 2.14. The number of nitrogens with zero attached hydrogens (tertiary/aromatic N) is 1. The normalized spacial score (nSPS) is 10.1. The van der Waals surface area contributed by atoms with Gasteiger partial charge in [0.15, 0.2) is 5.78 Å². The molecule has 1 aromatic heterocycles. The number of ketones is 1. The van der Waals surface area contributed by atoms with Gasteiger partial charge in [0.05, 0.1) is 3.57 Å². The standard InChI is InChI=1S/C12H7FINO/c13-10-3-1-2-9(11(10)14)12(16)8-4-6-15-7-5-8/h1-7H. The second-order valence-electron chi connectivity index (χ2n) is 3.17. The van der Waals surface area contributed by atoms with E-state index in [2.05, 4.69) is 4.98 Å². The average molecular weight is 327 g/mol. The molecular formula is C12H7FINO. The van der Waals surface area contributed by atoms with E-state index in [0.29, 0.717) is 14.7 Å². The summed E-state index contributed by atoms with van der Waals surface area (Å²) in [4.78, 5) is 15.9. The van der Waals surface area contributed by atoms with Crippen LogP contribution in [0.2, 0.25) is 0 Å². The molecule has 0 atom stereocenters. The number of carbonyl (C=O) groups is 1. The molecule has 16 heavy (non-hydrogen) atoms. The minimum Gasteiger partial charge on any atom is -0.289 e. The molecule has 0 unspecified atom stereocenters. The number of hydrogen-bond donors (Lipinski definition) is 0. The van der Waals surface area contributed by atoms with E-state index in [1.807, 2.05) is 22.6 Å². The van der Waals surface area contributed by atoms with Gasteiger partial charge in [-0.25, -0.2) is 4.39 Å². The molecule has 2 rings (SSSR count). The van der Waals surface area contributed by atoms with Crippen LogP contribution in [0.25, 0.3) is 0 Å². The molecule has 4 heteroatoms. The Morgan fingerprint density at radius 2 is 1.88 bits per heavy atom. The Bertz CT molecular complexity index is 528. The molecule has 0 bridgehead atoms. The van der Waals surface area contributed by atoms with Crippen molar-refractivity contribution in [2.24, 2.45) is 0 Å². The summed E-state index contributed by atoms with van der Waals surface area (Å²) in [5, 5.41) is 0. The van der Waals surface area contributed by atoms with Crippen LogP contribution in [0.3, 0.4) is 0 Å². The van der Waals surface area contributed by atoms with Crippen LogP contribution in [0, 0.1) is 9.39 Å². The van der Waals surface area contributed by atoms with Crippen molar-refractivity contribution < 1.29 is 9.18 Å². The molecule has 0 spiro atoms. The number of halogens is 2. The first-order valence-corrected chi connectivity index (χ1v) is 5.67. The van der Waals surface area contributed by atoms with Crippen molar-refractivity contribution in [3.8, 4) is 0 Å². The third kappa shape index (κ3) is 2.11. The third-order valence-electron chi connectivity index (χ3n) is 2.14. The molecule has 0 saturated carbocycles. The van der Waals surface area contributed by atoms with Crippen molar-refractivity contribution >= 4 is 28.4 Å². The Kier molecular flexibility index (Phi) is 3.28. The fourth-order valence-corrected chi connectivity index (χ4v) is 1.94. The summed E-state index contributed by atoms with van der Waals surface area (Å²) in [6.07, 6.45) is 3.08. The minimum absolute atomic E-state index is 0.189. The molecule has 2 aromatic rings. The van der Waals surface area contributed by atoms with E-state index in [0.717, 1.165) is 0 Å². The van der Waals surface area contributed by atoms with Crippen LogP contribution >= 0.6 is 22.6 Å². The predicted molar refractivity (Wildman–Crippen MR) is 66.8 cm³/mol. The first-order chi connectivity index (χ1) is 7.70. The Balaban J connectivity index is 2.46. The Morgan fingerprint density at radius 1 is 1.19 bits per heavy atom. The van der Waals surface area contributed by atoms with Gasteiger partial charge in [0.1, 0.15) is 5.82 Å². The maximum Gasteiger partial charge on any atom is 0.194 e. The van der Waals surface area contributed by atoms with E-state index in [4.69, 9.17) is 0 Å². The Labute approximate surface area is 106 Å². The van der Waals surface area contributed by atoms with Gasteiger partial charge in [-0.15, -0.1) is 0 Å². The fourth-order valence-electron chi connectivity index (χ4n) is 1.34. The van der Waals surface area contributed by atoms with Crippen LogP contribution < -0.4 is 0 Å². The van der Waals surface area contributed by atoms with Crippen molar-refractivity contribution in [2.45, 2.75) is 0 Å². The van der Waals surface area contributed by atoms with Crippen LogP contribution in [-0.2, 0) is 0 Å². The molecule has 0 aliphatic carbocycles. The van der Waals surface area contributed by atoms with Crippen molar-refractivity contribution in [3.05, 3.63) is 63.2 Å². The van der Waals surface area contributed by atoms with Gasteiger partial charge in [0.2, 0.25) is 0 Å². The number of benzene rings is 1. The topological polar surface area (TPSA) is 30.0 Å². The Morgan fingerprint density at radius 3 is 2.56 bits per heavy atom. The summed E-state index contributed by atoms with van der Waals surface area (Å²) in [5.41, 5.74) is 0.894. The van der Waals surface area contributed by atoms with Crippen LogP contribution in [0.4, 0.5) is 4.39 Å². The second kappa shape index (κ2) is 4.69. The summed E-state index contributed by atoms with van der Waals surface area (Å²) in [5.74, 6) is -0.563. The smallest absolute Gasteiger partial charge is 0.194 e.